The Morgan fingerprint density at radius 2 is 2.00 bits per heavy atom. The molecule has 1 heterocycles. The second-order valence-electron chi connectivity index (χ2n) is 6.64. The molecule has 0 aromatic rings. The zero-order chi connectivity index (χ0) is 14.8. The average Bonchev–Trinajstić information content (AvgIpc) is 3.21. The van der Waals surface area contributed by atoms with E-state index in [4.69, 9.17) is 0 Å². The van der Waals surface area contributed by atoms with Crippen molar-refractivity contribution in [2.24, 2.45) is 5.92 Å². The summed E-state index contributed by atoms with van der Waals surface area (Å²) in [6.45, 7) is 8.03. The summed E-state index contributed by atoms with van der Waals surface area (Å²) in [7, 11) is 0. The zero-order valence-corrected chi connectivity index (χ0v) is 13.2. The lowest BCUT2D eigenvalue weighted by molar-refractivity contribution is -0.147. The molecular weight excluding hydrogens is 252 g/mol. The Morgan fingerprint density at radius 1 is 1.30 bits per heavy atom. The first-order valence-electron chi connectivity index (χ1n) is 8.29. The number of carboxylic acid groups (broad SMARTS) is 1. The minimum Gasteiger partial charge on any atom is -0.480 e. The number of aliphatic carboxylic acids is 1. The van der Waals surface area contributed by atoms with Crippen molar-refractivity contribution in [2.45, 2.75) is 76.9 Å². The van der Waals surface area contributed by atoms with Crippen molar-refractivity contribution in [1.82, 2.24) is 10.2 Å². The monoisotopic (exact) mass is 282 g/mol. The van der Waals surface area contributed by atoms with Crippen LogP contribution >= 0.6 is 0 Å². The average molecular weight is 282 g/mol. The van der Waals surface area contributed by atoms with E-state index in [1.165, 1.54) is 12.8 Å². The van der Waals surface area contributed by atoms with Gasteiger partial charge in [0.1, 0.15) is 5.54 Å². The molecule has 116 valence electrons. The number of nitrogens with zero attached hydrogens (tertiary/aromatic N) is 1. The number of likely N-dealkylation sites (tertiary alicyclic amines) is 1. The third kappa shape index (κ3) is 3.01. The molecule has 3 unspecified atom stereocenters. The lowest BCUT2D eigenvalue weighted by Gasteiger charge is -2.39. The topological polar surface area (TPSA) is 52.6 Å². The van der Waals surface area contributed by atoms with Crippen LogP contribution in [0, 0.1) is 5.92 Å². The molecule has 0 spiro atoms. The summed E-state index contributed by atoms with van der Waals surface area (Å²) >= 11 is 0. The summed E-state index contributed by atoms with van der Waals surface area (Å²) in [4.78, 5) is 14.5. The maximum absolute atomic E-state index is 12.0. The molecule has 0 aromatic heterocycles. The quantitative estimate of drug-likeness (QED) is 0.718. The number of rotatable bonds is 8. The van der Waals surface area contributed by atoms with Crippen molar-refractivity contribution < 1.29 is 9.90 Å². The lowest BCUT2D eigenvalue weighted by atomic mass is 9.91. The predicted octanol–water partition coefficient (Wildman–Crippen LogP) is 2.48. The lowest BCUT2D eigenvalue weighted by Crippen LogP contribution is -2.62. The number of hydrogen-bond acceptors (Lipinski definition) is 3. The number of hydrogen-bond donors (Lipinski definition) is 2. The molecule has 3 atom stereocenters. The van der Waals surface area contributed by atoms with E-state index < -0.39 is 11.5 Å². The van der Waals surface area contributed by atoms with Crippen LogP contribution in [0.1, 0.15) is 59.3 Å². The first-order chi connectivity index (χ1) is 9.55. The Kier molecular flexibility index (Phi) is 5.08. The third-order valence-electron chi connectivity index (χ3n) is 5.20. The van der Waals surface area contributed by atoms with Crippen LogP contribution < -0.4 is 5.32 Å². The van der Waals surface area contributed by atoms with Gasteiger partial charge in [-0.1, -0.05) is 13.8 Å². The van der Waals surface area contributed by atoms with Gasteiger partial charge in [0.05, 0.1) is 0 Å². The molecule has 4 heteroatoms. The van der Waals surface area contributed by atoms with Crippen molar-refractivity contribution in [3.63, 3.8) is 0 Å². The fraction of sp³-hybridized carbons (Fsp3) is 0.938. The minimum atomic E-state index is -0.720. The fourth-order valence-electron chi connectivity index (χ4n) is 3.71. The highest BCUT2D eigenvalue weighted by molar-refractivity contribution is 5.80. The van der Waals surface area contributed by atoms with E-state index in [9.17, 15) is 9.90 Å². The van der Waals surface area contributed by atoms with Gasteiger partial charge in [0, 0.05) is 18.6 Å². The normalized spacial score (nSPS) is 30.4. The Morgan fingerprint density at radius 3 is 2.50 bits per heavy atom. The van der Waals surface area contributed by atoms with Crippen LogP contribution in [0.5, 0.6) is 0 Å². The van der Waals surface area contributed by atoms with Gasteiger partial charge >= 0.3 is 5.97 Å². The van der Waals surface area contributed by atoms with E-state index in [0.29, 0.717) is 24.5 Å². The van der Waals surface area contributed by atoms with Gasteiger partial charge in [-0.05, 0) is 57.9 Å². The Balaban J connectivity index is 2.15. The summed E-state index contributed by atoms with van der Waals surface area (Å²) < 4.78 is 0. The van der Waals surface area contributed by atoms with E-state index in [0.717, 1.165) is 32.2 Å². The van der Waals surface area contributed by atoms with Crippen molar-refractivity contribution in [3.8, 4) is 0 Å². The molecule has 0 amide bonds. The molecule has 1 saturated heterocycles. The molecule has 2 fully saturated rings. The molecule has 4 nitrogen and oxygen atoms in total. The van der Waals surface area contributed by atoms with Gasteiger partial charge in [-0.25, -0.2) is 0 Å². The molecule has 1 aliphatic heterocycles. The summed E-state index contributed by atoms with van der Waals surface area (Å²) in [5, 5.41) is 13.3. The first-order valence-corrected chi connectivity index (χ1v) is 8.29. The van der Waals surface area contributed by atoms with Crippen molar-refractivity contribution >= 4 is 5.97 Å². The Bertz CT molecular complexity index is 343. The Labute approximate surface area is 122 Å². The van der Waals surface area contributed by atoms with E-state index in [1.807, 2.05) is 0 Å². The molecule has 2 rings (SSSR count). The van der Waals surface area contributed by atoms with Crippen LogP contribution in [0.4, 0.5) is 0 Å². The number of carbonyl (C=O) groups is 1. The van der Waals surface area contributed by atoms with Crippen LogP contribution in [0.15, 0.2) is 0 Å². The van der Waals surface area contributed by atoms with E-state index in [2.05, 4.69) is 31.0 Å². The standard InChI is InChI=1S/C16H30N2O2/c1-4-10-17-16(15(19)20,13-7-8-13)11-18-12(3)6-9-14(18)5-2/h12-14,17H,4-11H2,1-3H3,(H,19,20). The number of carboxylic acids is 1. The third-order valence-corrected chi connectivity index (χ3v) is 5.20. The molecular formula is C16H30N2O2. The molecule has 20 heavy (non-hydrogen) atoms. The number of nitrogens with one attached hydrogen (secondary N) is 1. The highest BCUT2D eigenvalue weighted by Crippen LogP contribution is 2.42. The van der Waals surface area contributed by atoms with Gasteiger partial charge in [0.25, 0.3) is 0 Å². The summed E-state index contributed by atoms with van der Waals surface area (Å²) in [5.74, 6) is -0.334. The largest absolute Gasteiger partial charge is 0.480 e. The highest BCUT2D eigenvalue weighted by Gasteiger charge is 2.53. The summed E-state index contributed by atoms with van der Waals surface area (Å²) in [6, 6.07) is 1.08. The molecule has 1 aliphatic carbocycles. The second kappa shape index (κ2) is 6.44. The summed E-state index contributed by atoms with van der Waals surface area (Å²) in [5.41, 5.74) is -0.720. The van der Waals surface area contributed by atoms with Crippen LogP contribution in [0.3, 0.4) is 0 Å². The van der Waals surface area contributed by atoms with Crippen LogP contribution in [-0.2, 0) is 4.79 Å². The SMILES string of the molecule is CCCNC(CN1C(C)CCC1CC)(C(=O)O)C1CC1. The maximum Gasteiger partial charge on any atom is 0.325 e. The van der Waals surface area contributed by atoms with Crippen molar-refractivity contribution in [2.75, 3.05) is 13.1 Å². The van der Waals surface area contributed by atoms with Gasteiger partial charge in [-0.2, -0.15) is 0 Å². The van der Waals surface area contributed by atoms with E-state index in [1.54, 1.807) is 0 Å². The van der Waals surface area contributed by atoms with Gasteiger partial charge in [0.2, 0.25) is 0 Å². The smallest absolute Gasteiger partial charge is 0.325 e. The highest BCUT2D eigenvalue weighted by atomic mass is 16.4. The van der Waals surface area contributed by atoms with Crippen molar-refractivity contribution in [3.05, 3.63) is 0 Å². The van der Waals surface area contributed by atoms with Crippen LogP contribution in [0.2, 0.25) is 0 Å². The van der Waals surface area contributed by atoms with Gasteiger partial charge in [0.15, 0.2) is 0 Å². The van der Waals surface area contributed by atoms with Gasteiger partial charge in [-0.3, -0.25) is 9.69 Å². The van der Waals surface area contributed by atoms with Gasteiger partial charge < -0.3 is 10.4 Å². The second-order valence-corrected chi connectivity index (χ2v) is 6.64. The molecule has 0 aromatic carbocycles. The van der Waals surface area contributed by atoms with Crippen molar-refractivity contribution in [1.29, 1.82) is 0 Å². The Hall–Kier alpha value is -0.610. The van der Waals surface area contributed by atoms with Crippen LogP contribution in [-0.4, -0.2) is 46.7 Å². The maximum atomic E-state index is 12.0. The van der Waals surface area contributed by atoms with E-state index in [-0.39, 0.29) is 0 Å². The molecule has 0 bridgehead atoms. The fourth-order valence-corrected chi connectivity index (χ4v) is 3.71. The van der Waals surface area contributed by atoms with Crippen LogP contribution in [0.25, 0.3) is 0 Å². The zero-order valence-electron chi connectivity index (χ0n) is 13.2. The molecule has 1 saturated carbocycles. The molecule has 2 N–H and O–H groups in total. The van der Waals surface area contributed by atoms with Gasteiger partial charge in [-0.15, -0.1) is 0 Å². The molecule has 0 radical (unpaired) electrons. The molecule has 2 aliphatic rings. The summed E-state index contributed by atoms with van der Waals surface area (Å²) in [6.07, 6.45) is 6.63. The van der Waals surface area contributed by atoms with E-state index >= 15 is 0 Å². The first kappa shape index (κ1) is 15.8. The predicted molar refractivity (Wildman–Crippen MR) is 80.9 cm³/mol. The minimum absolute atomic E-state index is 0.317.